The van der Waals surface area contributed by atoms with Crippen molar-refractivity contribution in [3.8, 4) is 0 Å². The van der Waals surface area contributed by atoms with E-state index in [9.17, 15) is 0 Å². The molecular formula is C13H21N3O. The molecule has 0 aromatic carbocycles. The van der Waals surface area contributed by atoms with Crippen LogP contribution in [0.25, 0.3) is 0 Å². The second-order valence-corrected chi connectivity index (χ2v) is 5.22. The lowest BCUT2D eigenvalue weighted by atomic mass is 10.1. The number of nitrogens with one attached hydrogen (secondary N) is 1. The van der Waals surface area contributed by atoms with Crippen molar-refractivity contribution < 1.29 is 4.74 Å². The van der Waals surface area contributed by atoms with Crippen LogP contribution in [0.2, 0.25) is 0 Å². The van der Waals surface area contributed by atoms with Crippen LogP contribution in [0, 0.1) is 5.92 Å². The van der Waals surface area contributed by atoms with Gasteiger partial charge >= 0.3 is 0 Å². The van der Waals surface area contributed by atoms with Gasteiger partial charge in [-0.15, -0.1) is 0 Å². The molecule has 0 amide bonds. The number of ether oxygens (including phenoxy) is 1. The Kier molecular flexibility index (Phi) is 3.16. The molecule has 0 radical (unpaired) electrons. The first-order valence-electron chi connectivity index (χ1n) is 6.66. The van der Waals surface area contributed by atoms with Crippen LogP contribution >= 0.6 is 0 Å². The van der Waals surface area contributed by atoms with E-state index in [1.54, 1.807) is 0 Å². The molecule has 2 unspecified atom stereocenters. The molecule has 1 aliphatic carbocycles. The lowest BCUT2D eigenvalue weighted by molar-refractivity contribution is 0.0813. The maximum absolute atomic E-state index is 5.82. The summed E-state index contributed by atoms with van der Waals surface area (Å²) in [5.41, 5.74) is 1.29. The molecular weight excluding hydrogens is 214 g/mol. The van der Waals surface area contributed by atoms with Crippen molar-refractivity contribution in [1.29, 1.82) is 0 Å². The molecule has 2 aliphatic rings. The summed E-state index contributed by atoms with van der Waals surface area (Å²) in [5.74, 6) is 0.840. The highest BCUT2D eigenvalue weighted by Gasteiger charge is 2.40. The van der Waals surface area contributed by atoms with Gasteiger partial charge in [0.1, 0.15) is 0 Å². The minimum atomic E-state index is 0.488. The minimum absolute atomic E-state index is 0.488. The van der Waals surface area contributed by atoms with Crippen LogP contribution in [-0.4, -0.2) is 35.1 Å². The summed E-state index contributed by atoms with van der Waals surface area (Å²) in [6, 6.07) is 2.67. The summed E-state index contributed by atoms with van der Waals surface area (Å²) in [6.45, 7) is 1.96. The Morgan fingerprint density at radius 2 is 2.35 bits per heavy atom. The summed E-state index contributed by atoms with van der Waals surface area (Å²) >= 11 is 0. The average Bonchev–Trinajstić information content (AvgIpc) is 2.93. The topological polar surface area (TPSA) is 39.1 Å². The fourth-order valence-electron chi connectivity index (χ4n) is 2.75. The Labute approximate surface area is 102 Å². The highest BCUT2D eigenvalue weighted by Crippen LogP contribution is 2.38. The third kappa shape index (κ3) is 2.53. The highest BCUT2D eigenvalue weighted by atomic mass is 16.5. The zero-order chi connectivity index (χ0) is 11.7. The van der Waals surface area contributed by atoms with E-state index in [0.29, 0.717) is 12.1 Å². The van der Waals surface area contributed by atoms with Gasteiger partial charge in [-0.1, -0.05) is 0 Å². The second-order valence-electron chi connectivity index (χ2n) is 5.22. The smallest absolute Gasteiger partial charge is 0.0756 e. The standard InChI is InChI=1S/C13H21N3O/c1-16-11(5-8-15-16)4-7-14-12-6-9-17-13(12)10-2-3-10/h5,8,10,12-14H,2-4,6-7,9H2,1H3. The number of aryl methyl sites for hydroxylation is 1. The van der Waals surface area contributed by atoms with Crippen LogP contribution in [0.4, 0.5) is 0 Å². The minimum Gasteiger partial charge on any atom is -0.376 e. The summed E-state index contributed by atoms with van der Waals surface area (Å²) in [7, 11) is 2.00. The van der Waals surface area contributed by atoms with E-state index in [2.05, 4.69) is 16.5 Å². The molecule has 1 aromatic heterocycles. The van der Waals surface area contributed by atoms with Crippen LogP contribution in [0.1, 0.15) is 25.0 Å². The van der Waals surface area contributed by atoms with Gasteiger partial charge in [0.25, 0.3) is 0 Å². The largest absolute Gasteiger partial charge is 0.376 e. The fraction of sp³-hybridized carbons (Fsp3) is 0.769. The maximum atomic E-state index is 5.82. The average molecular weight is 235 g/mol. The van der Waals surface area contributed by atoms with Gasteiger partial charge in [0.2, 0.25) is 0 Å². The van der Waals surface area contributed by atoms with Crippen molar-refractivity contribution in [1.82, 2.24) is 15.1 Å². The molecule has 1 aromatic rings. The van der Waals surface area contributed by atoms with Gasteiger partial charge in [-0.25, -0.2) is 0 Å². The van der Waals surface area contributed by atoms with E-state index in [-0.39, 0.29) is 0 Å². The van der Waals surface area contributed by atoms with Crippen molar-refractivity contribution in [2.75, 3.05) is 13.2 Å². The summed E-state index contributed by atoms with van der Waals surface area (Å²) in [6.07, 6.45) is 7.30. The number of rotatable bonds is 5. The Morgan fingerprint density at radius 1 is 1.47 bits per heavy atom. The predicted octanol–water partition coefficient (Wildman–Crippen LogP) is 1.12. The zero-order valence-electron chi connectivity index (χ0n) is 10.4. The predicted molar refractivity (Wildman–Crippen MR) is 65.8 cm³/mol. The van der Waals surface area contributed by atoms with E-state index in [0.717, 1.165) is 25.5 Å². The van der Waals surface area contributed by atoms with E-state index in [4.69, 9.17) is 4.74 Å². The van der Waals surface area contributed by atoms with Gasteiger partial charge in [0.05, 0.1) is 6.10 Å². The van der Waals surface area contributed by atoms with Gasteiger partial charge < -0.3 is 10.1 Å². The molecule has 4 heteroatoms. The van der Waals surface area contributed by atoms with Crippen molar-refractivity contribution in [2.45, 2.75) is 37.8 Å². The molecule has 17 heavy (non-hydrogen) atoms. The molecule has 3 rings (SSSR count). The quantitative estimate of drug-likeness (QED) is 0.831. The van der Waals surface area contributed by atoms with Gasteiger partial charge in [0, 0.05) is 44.6 Å². The van der Waals surface area contributed by atoms with E-state index in [1.165, 1.54) is 25.0 Å². The Morgan fingerprint density at radius 3 is 3.06 bits per heavy atom. The summed E-state index contributed by atoms with van der Waals surface area (Å²) in [5, 5.41) is 7.84. The van der Waals surface area contributed by atoms with Crippen LogP contribution in [0.15, 0.2) is 12.3 Å². The summed E-state index contributed by atoms with van der Waals surface area (Å²) < 4.78 is 7.77. The van der Waals surface area contributed by atoms with Crippen molar-refractivity contribution in [2.24, 2.45) is 13.0 Å². The van der Waals surface area contributed by atoms with Crippen LogP contribution in [0.3, 0.4) is 0 Å². The number of hydrogen-bond donors (Lipinski definition) is 1. The molecule has 0 spiro atoms. The first kappa shape index (κ1) is 11.2. The van der Waals surface area contributed by atoms with Gasteiger partial charge in [-0.3, -0.25) is 4.68 Å². The van der Waals surface area contributed by atoms with Gasteiger partial charge in [-0.05, 0) is 31.2 Å². The van der Waals surface area contributed by atoms with Crippen LogP contribution in [-0.2, 0) is 18.2 Å². The lowest BCUT2D eigenvalue weighted by Crippen LogP contribution is -2.38. The van der Waals surface area contributed by atoms with E-state index in [1.807, 2.05) is 17.9 Å². The molecule has 1 saturated carbocycles. The third-order valence-electron chi connectivity index (χ3n) is 3.93. The molecule has 0 bridgehead atoms. The normalized spacial score (nSPS) is 28.8. The summed E-state index contributed by atoms with van der Waals surface area (Å²) in [4.78, 5) is 0. The van der Waals surface area contributed by atoms with E-state index >= 15 is 0 Å². The van der Waals surface area contributed by atoms with Crippen molar-refractivity contribution in [3.05, 3.63) is 18.0 Å². The van der Waals surface area contributed by atoms with Crippen molar-refractivity contribution in [3.63, 3.8) is 0 Å². The van der Waals surface area contributed by atoms with Gasteiger partial charge in [0.15, 0.2) is 0 Å². The molecule has 2 atom stereocenters. The first-order valence-corrected chi connectivity index (χ1v) is 6.66. The molecule has 2 heterocycles. The van der Waals surface area contributed by atoms with Crippen LogP contribution in [0.5, 0.6) is 0 Å². The third-order valence-corrected chi connectivity index (χ3v) is 3.93. The number of nitrogens with zero attached hydrogens (tertiary/aromatic N) is 2. The number of hydrogen-bond acceptors (Lipinski definition) is 3. The Balaban J connectivity index is 1.46. The zero-order valence-corrected chi connectivity index (χ0v) is 10.4. The van der Waals surface area contributed by atoms with Crippen molar-refractivity contribution >= 4 is 0 Å². The highest BCUT2D eigenvalue weighted by molar-refractivity contribution is 5.01. The Hall–Kier alpha value is -0.870. The van der Waals surface area contributed by atoms with Gasteiger partial charge in [-0.2, -0.15) is 5.10 Å². The SMILES string of the molecule is Cn1nccc1CCNC1CCOC1C1CC1. The monoisotopic (exact) mass is 235 g/mol. The molecule has 1 saturated heterocycles. The van der Waals surface area contributed by atoms with Crippen LogP contribution < -0.4 is 5.32 Å². The maximum Gasteiger partial charge on any atom is 0.0756 e. The van der Waals surface area contributed by atoms with E-state index < -0.39 is 0 Å². The lowest BCUT2D eigenvalue weighted by Gasteiger charge is -2.19. The number of aromatic nitrogens is 2. The first-order chi connectivity index (χ1) is 8.34. The molecule has 1 aliphatic heterocycles. The molecule has 94 valence electrons. The molecule has 4 nitrogen and oxygen atoms in total. The molecule has 1 N–H and O–H groups in total. The molecule has 2 fully saturated rings. The Bertz CT molecular complexity index is 372. The second kappa shape index (κ2) is 4.78. The fourth-order valence-corrected chi connectivity index (χ4v) is 2.75.